The molecule has 0 saturated heterocycles. The van der Waals surface area contributed by atoms with Gasteiger partial charge in [0.25, 0.3) is 0 Å². The normalized spacial score (nSPS) is 12.0. The number of hydrogen-bond donors (Lipinski definition) is 2. The summed E-state index contributed by atoms with van der Waals surface area (Å²) in [5.41, 5.74) is 0.878. The first-order valence-electron chi connectivity index (χ1n) is 7.79. The Morgan fingerprint density at radius 2 is 1.83 bits per heavy atom. The predicted octanol–water partition coefficient (Wildman–Crippen LogP) is 3.11. The molecule has 0 bridgehead atoms. The first kappa shape index (κ1) is 18.1. The molecule has 1 aromatic carbocycles. The Balaban J connectivity index is 1.88. The van der Waals surface area contributed by atoms with Gasteiger partial charge in [-0.3, -0.25) is 9.59 Å². The first-order chi connectivity index (χ1) is 11.5. The van der Waals surface area contributed by atoms with Gasteiger partial charge in [-0.2, -0.15) is 0 Å². The van der Waals surface area contributed by atoms with Crippen LogP contribution in [0.3, 0.4) is 0 Å². The van der Waals surface area contributed by atoms with Gasteiger partial charge in [-0.05, 0) is 35.7 Å². The van der Waals surface area contributed by atoms with E-state index in [2.05, 4.69) is 10.6 Å². The minimum absolute atomic E-state index is 0.0731. The summed E-state index contributed by atoms with van der Waals surface area (Å²) in [7, 11) is 0. The second kappa shape index (κ2) is 8.55. The first-order valence-corrected chi connectivity index (χ1v) is 8.17. The van der Waals surface area contributed by atoms with Crippen molar-refractivity contribution in [2.24, 2.45) is 5.92 Å². The number of rotatable bonds is 7. The Kier molecular flexibility index (Phi) is 6.44. The molecule has 0 fully saturated rings. The van der Waals surface area contributed by atoms with Crippen LogP contribution < -0.4 is 10.6 Å². The lowest BCUT2D eigenvalue weighted by Gasteiger charge is -2.20. The number of halogens is 1. The standard InChI is InChI=1S/C18H21ClN2O3/c1-12(2)17(13-5-7-14(19)8-6-13)18(23)21-11-16(22)20-10-15-4-3-9-24-15/h3-9,12,17H,10-11H2,1-2H3,(H,20,22)(H,21,23)/t17-/m1/s1. The molecule has 2 aromatic rings. The third-order valence-electron chi connectivity index (χ3n) is 3.64. The molecule has 5 nitrogen and oxygen atoms in total. The summed E-state index contributed by atoms with van der Waals surface area (Å²) in [6.45, 7) is 4.16. The van der Waals surface area contributed by atoms with E-state index in [1.54, 1.807) is 30.5 Å². The van der Waals surface area contributed by atoms with E-state index in [-0.39, 0.29) is 30.2 Å². The van der Waals surface area contributed by atoms with Crippen molar-refractivity contribution in [2.75, 3.05) is 6.54 Å². The van der Waals surface area contributed by atoms with Crippen LogP contribution in [0, 0.1) is 5.92 Å². The van der Waals surface area contributed by atoms with Gasteiger partial charge in [-0.15, -0.1) is 0 Å². The molecule has 0 aliphatic heterocycles. The van der Waals surface area contributed by atoms with E-state index in [9.17, 15) is 9.59 Å². The topological polar surface area (TPSA) is 71.3 Å². The lowest BCUT2D eigenvalue weighted by molar-refractivity contribution is -0.127. The second-order valence-corrected chi connectivity index (χ2v) is 6.28. The van der Waals surface area contributed by atoms with E-state index in [0.29, 0.717) is 17.3 Å². The Hall–Kier alpha value is -2.27. The zero-order valence-corrected chi connectivity index (χ0v) is 14.5. The van der Waals surface area contributed by atoms with Crippen LogP contribution >= 0.6 is 11.6 Å². The molecule has 2 amide bonds. The van der Waals surface area contributed by atoms with E-state index >= 15 is 0 Å². The van der Waals surface area contributed by atoms with E-state index in [1.807, 2.05) is 26.0 Å². The lowest BCUT2D eigenvalue weighted by Crippen LogP contribution is -2.39. The van der Waals surface area contributed by atoms with Crippen LogP contribution in [0.4, 0.5) is 0 Å². The molecule has 0 unspecified atom stereocenters. The second-order valence-electron chi connectivity index (χ2n) is 5.85. The highest BCUT2D eigenvalue weighted by atomic mass is 35.5. The fraction of sp³-hybridized carbons (Fsp3) is 0.333. The van der Waals surface area contributed by atoms with Gasteiger partial charge in [-0.1, -0.05) is 37.6 Å². The minimum Gasteiger partial charge on any atom is -0.467 e. The molecule has 1 atom stereocenters. The monoisotopic (exact) mass is 348 g/mol. The van der Waals surface area contributed by atoms with Crippen molar-refractivity contribution in [3.8, 4) is 0 Å². The van der Waals surface area contributed by atoms with Gasteiger partial charge < -0.3 is 15.1 Å². The summed E-state index contributed by atoms with van der Waals surface area (Å²) in [4.78, 5) is 24.3. The smallest absolute Gasteiger partial charge is 0.239 e. The molecule has 0 saturated carbocycles. The van der Waals surface area contributed by atoms with Crippen molar-refractivity contribution in [2.45, 2.75) is 26.3 Å². The van der Waals surface area contributed by atoms with E-state index < -0.39 is 0 Å². The van der Waals surface area contributed by atoms with Crippen LogP contribution in [-0.2, 0) is 16.1 Å². The van der Waals surface area contributed by atoms with Crippen LogP contribution in [0.2, 0.25) is 5.02 Å². The number of carbonyl (C=O) groups is 2. The van der Waals surface area contributed by atoms with Crippen molar-refractivity contribution in [1.29, 1.82) is 0 Å². The molecule has 6 heteroatoms. The van der Waals surface area contributed by atoms with Crippen molar-refractivity contribution in [1.82, 2.24) is 10.6 Å². The van der Waals surface area contributed by atoms with E-state index in [4.69, 9.17) is 16.0 Å². The number of amides is 2. The highest BCUT2D eigenvalue weighted by Crippen LogP contribution is 2.25. The van der Waals surface area contributed by atoms with Gasteiger partial charge in [0.15, 0.2) is 0 Å². The largest absolute Gasteiger partial charge is 0.467 e. The molecule has 2 rings (SSSR count). The van der Waals surface area contributed by atoms with Gasteiger partial charge in [0, 0.05) is 5.02 Å². The quantitative estimate of drug-likeness (QED) is 0.807. The molecular formula is C18H21ClN2O3. The van der Waals surface area contributed by atoms with Crippen LogP contribution in [-0.4, -0.2) is 18.4 Å². The molecule has 1 heterocycles. The van der Waals surface area contributed by atoms with Crippen LogP contribution in [0.15, 0.2) is 47.1 Å². The number of benzene rings is 1. The molecule has 0 spiro atoms. The van der Waals surface area contributed by atoms with Crippen LogP contribution in [0.25, 0.3) is 0 Å². The average Bonchev–Trinajstić information content (AvgIpc) is 3.06. The fourth-order valence-corrected chi connectivity index (χ4v) is 2.57. The summed E-state index contributed by atoms with van der Waals surface area (Å²) in [6.07, 6.45) is 1.54. The molecular weight excluding hydrogens is 328 g/mol. The van der Waals surface area contributed by atoms with Gasteiger partial charge in [0.2, 0.25) is 11.8 Å². The number of nitrogens with one attached hydrogen (secondary N) is 2. The number of furan rings is 1. The Bertz CT molecular complexity index is 666. The summed E-state index contributed by atoms with van der Waals surface area (Å²) in [5.74, 6) is -0.0211. The minimum atomic E-state index is -0.333. The highest BCUT2D eigenvalue weighted by Gasteiger charge is 2.24. The maximum absolute atomic E-state index is 12.5. The maximum atomic E-state index is 12.5. The Labute approximate surface area is 146 Å². The summed E-state index contributed by atoms with van der Waals surface area (Å²) in [5, 5.41) is 6.01. The summed E-state index contributed by atoms with van der Waals surface area (Å²) < 4.78 is 5.13. The highest BCUT2D eigenvalue weighted by molar-refractivity contribution is 6.30. The van der Waals surface area contributed by atoms with Crippen LogP contribution in [0.1, 0.15) is 31.1 Å². The van der Waals surface area contributed by atoms with Gasteiger partial charge >= 0.3 is 0 Å². The zero-order valence-electron chi connectivity index (χ0n) is 13.7. The molecule has 128 valence electrons. The summed E-state index contributed by atoms with van der Waals surface area (Å²) in [6, 6.07) is 10.7. The molecule has 0 aliphatic rings. The van der Waals surface area contributed by atoms with Gasteiger partial charge in [0.05, 0.1) is 25.3 Å². The third-order valence-corrected chi connectivity index (χ3v) is 3.89. The van der Waals surface area contributed by atoms with E-state index in [1.165, 1.54) is 0 Å². The average molecular weight is 349 g/mol. The van der Waals surface area contributed by atoms with Gasteiger partial charge in [0.1, 0.15) is 5.76 Å². The molecule has 24 heavy (non-hydrogen) atoms. The lowest BCUT2D eigenvalue weighted by atomic mass is 9.87. The van der Waals surface area contributed by atoms with Crippen LogP contribution in [0.5, 0.6) is 0 Å². The molecule has 0 aliphatic carbocycles. The van der Waals surface area contributed by atoms with Crippen molar-refractivity contribution >= 4 is 23.4 Å². The predicted molar refractivity (Wildman–Crippen MR) is 92.6 cm³/mol. The zero-order chi connectivity index (χ0) is 17.5. The van der Waals surface area contributed by atoms with Crippen molar-refractivity contribution in [3.63, 3.8) is 0 Å². The third kappa shape index (κ3) is 5.13. The SMILES string of the molecule is CC(C)[C@@H](C(=O)NCC(=O)NCc1ccco1)c1ccc(Cl)cc1. The summed E-state index contributed by atoms with van der Waals surface area (Å²) >= 11 is 5.89. The van der Waals surface area contributed by atoms with Crippen molar-refractivity contribution < 1.29 is 14.0 Å². The van der Waals surface area contributed by atoms with Gasteiger partial charge in [-0.25, -0.2) is 0 Å². The maximum Gasteiger partial charge on any atom is 0.239 e. The Morgan fingerprint density at radius 1 is 1.12 bits per heavy atom. The fourth-order valence-electron chi connectivity index (χ4n) is 2.45. The van der Waals surface area contributed by atoms with E-state index in [0.717, 1.165) is 5.56 Å². The van der Waals surface area contributed by atoms with Crippen molar-refractivity contribution in [3.05, 3.63) is 59.0 Å². The number of carbonyl (C=O) groups excluding carboxylic acids is 2. The number of hydrogen-bond acceptors (Lipinski definition) is 3. The molecule has 0 radical (unpaired) electrons. The Morgan fingerprint density at radius 3 is 2.42 bits per heavy atom. The molecule has 2 N–H and O–H groups in total. The molecule has 1 aromatic heterocycles.